The Morgan fingerprint density at radius 2 is 1.90 bits per heavy atom. The van der Waals surface area contributed by atoms with Gasteiger partial charge in [-0.25, -0.2) is 9.37 Å². The number of pyridine rings is 1. The summed E-state index contributed by atoms with van der Waals surface area (Å²) in [7, 11) is 1.48. The van der Waals surface area contributed by atoms with Crippen LogP contribution < -0.4 is 4.74 Å². The molecule has 1 aromatic heterocycles. The smallest absolute Gasteiger partial charge is 0.262 e. The summed E-state index contributed by atoms with van der Waals surface area (Å²) in [6.07, 6.45) is 0. The van der Waals surface area contributed by atoms with Crippen LogP contribution in [0.2, 0.25) is 0 Å². The van der Waals surface area contributed by atoms with E-state index in [9.17, 15) is 14.0 Å². The Bertz CT molecular complexity index is 745. The molecular weight excluding hydrogens is 275 g/mol. The number of hydrogen-bond acceptors (Lipinski definition) is 4. The van der Waals surface area contributed by atoms with Crippen LogP contribution in [0.1, 0.15) is 26.4 Å². The van der Waals surface area contributed by atoms with Crippen molar-refractivity contribution in [2.24, 2.45) is 0 Å². The van der Waals surface area contributed by atoms with Crippen LogP contribution in [0.3, 0.4) is 0 Å². The molecule has 0 spiro atoms. The van der Waals surface area contributed by atoms with Crippen molar-refractivity contribution in [2.75, 3.05) is 7.11 Å². The van der Waals surface area contributed by atoms with Crippen molar-refractivity contribution < 1.29 is 18.7 Å². The number of hydrogen-bond donors (Lipinski definition) is 0. The topological polar surface area (TPSA) is 59.5 Å². The summed E-state index contributed by atoms with van der Waals surface area (Å²) in [6.45, 7) is 0.0190. The van der Waals surface area contributed by atoms with Crippen LogP contribution in [0.5, 0.6) is 5.88 Å². The number of amides is 2. The van der Waals surface area contributed by atoms with Crippen molar-refractivity contribution in [1.82, 2.24) is 9.88 Å². The predicted octanol–water partition coefficient (Wildman–Crippen LogP) is 2.03. The Balaban J connectivity index is 1.91. The van der Waals surface area contributed by atoms with Crippen LogP contribution in [0, 0.1) is 5.82 Å². The minimum atomic E-state index is -0.545. The van der Waals surface area contributed by atoms with Gasteiger partial charge in [0, 0.05) is 6.07 Å². The van der Waals surface area contributed by atoms with E-state index in [-0.39, 0.29) is 17.7 Å². The molecule has 0 aliphatic carbocycles. The van der Waals surface area contributed by atoms with E-state index in [2.05, 4.69) is 4.98 Å². The Labute approximate surface area is 120 Å². The molecule has 1 aromatic carbocycles. The van der Waals surface area contributed by atoms with E-state index in [1.54, 1.807) is 18.2 Å². The molecule has 21 heavy (non-hydrogen) atoms. The highest BCUT2D eigenvalue weighted by Crippen LogP contribution is 2.25. The number of carbonyl (C=O) groups excluding carboxylic acids is 2. The van der Waals surface area contributed by atoms with Crippen molar-refractivity contribution in [3.8, 4) is 5.88 Å². The van der Waals surface area contributed by atoms with Crippen molar-refractivity contribution in [2.45, 2.75) is 6.54 Å². The summed E-state index contributed by atoms with van der Waals surface area (Å²) >= 11 is 0. The molecule has 0 unspecified atom stereocenters. The minimum absolute atomic E-state index is 0.0190. The van der Waals surface area contributed by atoms with Crippen LogP contribution in [0.15, 0.2) is 36.4 Å². The molecule has 6 heteroatoms. The van der Waals surface area contributed by atoms with E-state index in [1.165, 1.54) is 13.2 Å². The third-order valence-electron chi connectivity index (χ3n) is 3.24. The summed E-state index contributed by atoms with van der Waals surface area (Å²) < 4.78 is 18.2. The molecule has 0 saturated heterocycles. The monoisotopic (exact) mass is 286 g/mol. The van der Waals surface area contributed by atoms with Gasteiger partial charge >= 0.3 is 0 Å². The molecule has 2 aromatic rings. The number of ether oxygens (including phenoxy) is 1. The normalized spacial score (nSPS) is 13.5. The number of halogens is 1. The summed E-state index contributed by atoms with van der Waals surface area (Å²) in [4.78, 5) is 29.6. The largest absolute Gasteiger partial charge is 0.481 e. The zero-order valence-electron chi connectivity index (χ0n) is 11.2. The van der Waals surface area contributed by atoms with Gasteiger partial charge in [-0.15, -0.1) is 0 Å². The van der Waals surface area contributed by atoms with Gasteiger partial charge in [-0.05, 0) is 24.3 Å². The maximum absolute atomic E-state index is 13.2. The van der Waals surface area contributed by atoms with Crippen molar-refractivity contribution >= 4 is 11.8 Å². The molecule has 0 atom stereocenters. The van der Waals surface area contributed by atoms with E-state index in [0.717, 1.165) is 17.0 Å². The molecule has 1 aliphatic heterocycles. The van der Waals surface area contributed by atoms with Gasteiger partial charge < -0.3 is 4.74 Å². The maximum Gasteiger partial charge on any atom is 0.262 e. The third kappa shape index (κ3) is 2.24. The van der Waals surface area contributed by atoms with Crippen LogP contribution in [-0.2, 0) is 6.54 Å². The van der Waals surface area contributed by atoms with Crippen molar-refractivity contribution in [3.63, 3.8) is 0 Å². The molecule has 3 rings (SSSR count). The molecule has 0 radical (unpaired) electrons. The number of benzene rings is 1. The highest BCUT2D eigenvalue weighted by atomic mass is 19.1. The Morgan fingerprint density at radius 3 is 2.67 bits per heavy atom. The fourth-order valence-corrected chi connectivity index (χ4v) is 2.23. The quantitative estimate of drug-likeness (QED) is 0.810. The highest BCUT2D eigenvalue weighted by molar-refractivity contribution is 6.21. The number of carbonyl (C=O) groups is 2. The van der Waals surface area contributed by atoms with Crippen LogP contribution in [-0.4, -0.2) is 28.8 Å². The van der Waals surface area contributed by atoms with Crippen LogP contribution in [0.4, 0.5) is 4.39 Å². The van der Waals surface area contributed by atoms with Crippen molar-refractivity contribution in [3.05, 3.63) is 59.0 Å². The number of nitrogens with zero attached hydrogens (tertiary/aromatic N) is 2. The van der Waals surface area contributed by atoms with Gasteiger partial charge in [0.2, 0.25) is 5.88 Å². The molecule has 0 fully saturated rings. The highest BCUT2D eigenvalue weighted by Gasteiger charge is 2.35. The first-order valence-corrected chi connectivity index (χ1v) is 6.26. The zero-order chi connectivity index (χ0) is 15.0. The molecule has 106 valence electrons. The molecular formula is C15H11FN2O3. The van der Waals surface area contributed by atoms with Gasteiger partial charge in [0.15, 0.2) is 0 Å². The van der Waals surface area contributed by atoms with Gasteiger partial charge in [-0.3, -0.25) is 14.5 Å². The molecule has 5 nitrogen and oxygen atoms in total. The first kappa shape index (κ1) is 13.2. The first-order valence-electron chi connectivity index (χ1n) is 6.26. The minimum Gasteiger partial charge on any atom is -0.481 e. The van der Waals surface area contributed by atoms with Crippen LogP contribution in [0.25, 0.3) is 0 Å². The summed E-state index contributed by atoms with van der Waals surface area (Å²) in [5.74, 6) is -1.11. The Kier molecular flexibility index (Phi) is 3.13. The second-order valence-corrected chi connectivity index (χ2v) is 4.56. The Hall–Kier alpha value is -2.76. The van der Waals surface area contributed by atoms with Gasteiger partial charge in [0.25, 0.3) is 11.8 Å². The fourth-order valence-electron chi connectivity index (χ4n) is 2.23. The summed E-state index contributed by atoms with van der Waals surface area (Å²) in [5.41, 5.74) is 0.816. The second-order valence-electron chi connectivity index (χ2n) is 4.56. The fraction of sp³-hybridized carbons (Fsp3) is 0.133. The zero-order valence-corrected chi connectivity index (χ0v) is 11.2. The molecule has 0 saturated carbocycles. The lowest BCUT2D eigenvalue weighted by Crippen LogP contribution is -2.29. The number of fused-ring (bicyclic) bond motifs is 1. The Morgan fingerprint density at radius 1 is 1.14 bits per heavy atom. The summed E-state index contributed by atoms with van der Waals surface area (Å²) in [6, 6.07) is 8.64. The van der Waals surface area contributed by atoms with E-state index >= 15 is 0 Å². The average Bonchev–Trinajstić information content (AvgIpc) is 2.72. The van der Waals surface area contributed by atoms with E-state index < -0.39 is 17.6 Å². The average molecular weight is 286 g/mol. The van der Waals surface area contributed by atoms with Gasteiger partial charge in [-0.1, -0.05) is 6.07 Å². The molecule has 1 aliphatic rings. The molecule has 2 heterocycles. The number of rotatable bonds is 3. The van der Waals surface area contributed by atoms with Gasteiger partial charge in [0.05, 0.1) is 30.5 Å². The van der Waals surface area contributed by atoms with Crippen molar-refractivity contribution in [1.29, 1.82) is 0 Å². The molecule has 0 N–H and O–H groups in total. The lowest BCUT2D eigenvalue weighted by molar-refractivity contribution is 0.0640. The standard InChI is InChI=1S/C15H11FN2O3/c1-21-13-4-2-3-10(17-13)8-18-14(19)11-6-5-9(16)7-12(11)15(18)20/h2-7H,8H2,1H3. The number of imide groups is 1. The predicted molar refractivity (Wildman–Crippen MR) is 71.4 cm³/mol. The number of methoxy groups -OCH3 is 1. The van der Waals surface area contributed by atoms with E-state index in [4.69, 9.17) is 4.74 Å². The lowest BCUT2D eigenvalue weighted by Gasteiger charge is -2.13. The lowest BCUT2D eigenvalue weighted by atomic mass is 10.1. The van der Waals surface area contributed by atoms with Crippen LogP contribution >= 0.6 is 0 Å². The first-order chi connectivity index (χ1) is 10.1. The summed E-state index contributed by atoms with van der Waals surface area (Å²) in [5, 5.41) is 0. The third-order valence-corrected chi connectivity index (χ3v) is 3.24. The second kappa shape index (κ2) is 4.97. The molecule has 2 amide bonds. The van der Waals surface area contributed by atoms with Gasteiger partial charge in [0.1, 0.15) is 5.82 Å². The van der Waals surface area contributed by atoms with E-state index in [1.807, 2.05) is 0 Å². The van der Waals surface area contributed by atoms with Gasteiger partial charge in [-0.2, -0.15) is 0 Å². The molecule has 0 bridgehead atoms. The van der Waals surface area contributed by atoms with E-state index in [0.29, 0.717) is 11.6 Å². The number of aromatic nitrogens is 1. The SMILES string of the molecule is COc1cccc(CN2C(=O)c3ccc(F)cc3C2=O)n1. The maximum atomic E-state index is 13.2.